The molecule has 1 aromatic rings. The summed E-state index contributed by atoms with van der Waals surface area (Å²) in [5.74, 6) is 3.31. The van der Waals surface area contributed by atoms with Gasteiger partial charge < -0.3 is 10.2 Å². The fourth-order valence-corrected chi connectivity index (χ4v) is 9.82. The average Bonchev–Trinajstić information content (AvgIpc) is 3.45. The lowest BCUT2D eigenvalue weighted by molar-refractivity contribution is -0.174. The minimum Gasteiger partial charge on any atom is -0.393 e. The number of benzene rings is 1. The molecule has 4 aliphatic carbocycles. The number of aliphatic hydroxyl groups excluding tert-OH is 2. The molecule has 0 aromatic heterocycles. The smallest absolute Gasteiger partial charge is 0.253 e. The van der Waals surface area contributed by atoms with Gasteiger partial charge in [-0.05, 0) is 116 Å². The van der Waals surface area contributed by atoms with E-state index >= 15 is 0 Å². The van der Waals surface area contributed by atoms with Crippen LogP contribution in [0.4, 0.5) is 0 Å². The lowest BCUT2D eigenvalue weighted by atomic mass is 9.43. The number of fused-ring (bicyclic) bond motifs is 6. The Kier molecular flexibility index (Phi) is 6.42. The van der Waals surface area contributed by atoms with Gasteiger partial charge in [0.2, 0.25) is 5.91 Å². The van der Waals surface area contributed by atoms with Crippen molar-refractivity contribution in [3.8, 4) is 0 Å². The zero-order chi connectivity index (χ0) is 25.9. The molecule has 4 saturated carbocycles. The monoisotopic (exact) mass is 505 g/mol. The van der Waals surface area contributed by atoms with Gasteiger partial charge in [-0.25, -0.2) is 9.98 Å². The Morgan fingerprint density at radius 1 is 1.03 bits per heavy atom. The topological polar surface area (TPSA) is 94.6 Å². The standard InChI is InChI=1S/C31H43N3O3/c1-18(8-13-28(37)34-29-32-25-6-4-5-7-26(25)33-29)22-11-12-23-21-10-9-19-16-20(35)14-15-30(19,2)24(21)17-27(36)31(22,23)3/h4-7,18-24,27,35-36H,8-17H2,1-3H3. The summed E-state index contributed by atoms with van der Waals surface area (Å²) in [5, 5.41) is 23.6. The second-order valence-corrected chi connectivity index (χ2v) is 13.4. The maximum absolute atomic E-state index is 12.7. The van der Waals surface area contributed by atoms with Gasteiger partial charge in [-0.3, -0.25) is 4.79 Å². The van der Waals surface area contributed by atoms with Crippen molar-refractivity contribution in [1.29, 1.82) is 0 Å². The van der Waals surface area contributed by atoms with Crippen molar-refractivity contribution >= 4 is 11.9 Å². The van der Waals surface area contributed by atoms with Gasteiger partial charge in [0.25, 0.3) is 5.96 Å². The highest BCUT2D eigenvalue weighted by Gasteiger charge is 2.63. The van der Waals surface area contributed by atoms with Gasteiger partial charge in [-0.1, -0.05) is 32.9 Å². The second-order valence-electron chi connectivity index (χ2n) is 13.4. The quantitative estimate of drug-likeness (QED) is 0.641. The van der Waals surface area contributed by atoms with Crippen molar-refractivity contribution in [3.63, 3.8) is 0 Å². The first-order valence-electron chi connectivity index (χ1n) is 14.7. The van der Waals surface area contributed by atoms with E-state index in [4.69, 9.17) is 0 Å². The third-order valence-electron chi connectivity index (χ3n) is 11.9. The first-order valence-corrected chi connectivity index (χ1v) is 14.7. The number of carbonyl (C=O) groups excluding carboxylic acids is 1. The number of nitrogens with zero attached hydrogens (tertiary/aromatic N) is 3. The largest absolute Gasteiger partial charge is 0.393 e. The third kappa shape index (κ3) is 4.14. The zero-order valence-corrected chi connectivity index (χ0v) is 22.6. The van der Waals surface area contributed by atoms with Crippen LogP contribution in [-0.4, -0.2) is 34.3 Å². The molecular weight excluding hydrogens is 462 g/mol. The number of rotatable bonds is 4. The molecule has 0 spiro atoms. The Labute approximate surface area is 220 Å². The summed E-state index contributed by atoms with van der Waals surface area (Å²) >= 11 is 0. The van der Waals surface area contributed by atoms with Crippen LogP contribution in [0.5, 0.6) is 0 Å². The molecule has 4 fully saturated rings. The third-order valence-corrected chi connectivity index (χ3v) is 11.9. The Balaban J connectivity index is 1.13. The number of aliphatic imine (C=N–C) groups is 1. The van der Waals surface area contributed by atoms with Crippen molar-refractivity contribution in [2.24, 2.45) is 61.3 Å². The Morgan fingerprint density at radius 3 is 2.49 bits per heavy atom. The van der Waals surface area contributed by atoms with Crippen molar-refractivity contribution in [1.82, 2.24) is 0 Å². The highest BCUT2D eigenvalue weighted by Crippen LogP contribution is 2.68. The average molecular weight is 506 g/mol. The molecule has 10 unspecified atom stereocenters. The van der Waals surface area contributed by atoms with E-state index in [2.05, 4.69) is 35.7 Å². The highest BCUT2D eigenvalue weighted by molar-refractivity contribution is 5.94. The SMILES string of the molecule is CC(CCC(=O)N=C1N=c2ccccc2=N1)C1CCC2C3CCC4CC(O)CCC4(C)C3CC(O)C12C. The molecule has 0 radical (unpaired) electrons. The van der Waals surface area contributed by atoms with E-state index in [1.165, 1.54) is 19.3 Å². The normalized spacial score (nSPS) is 42.9. The summed E-state index contributed by atoms with van der Waals surface area (Å²) in [6.45, 7) is 7.11. The van der Waals surface area contributed by atoms with Crippen LogP contribution in [0.15, 0.2) is 39.2 Å². The fraction of sp³-hybridized carbons (Fsp3) is 0.742. The lowest BCUT2D eigenvalue weighted by Crippen LogP contribution is -2.58. The van der Waals surface area contributed by atoms with Crippen LogP contribution in [0.1, 0.15) is 85.0 Å². The molecule has 37 heavy (non-hydrogen) atoms. The van der Waals surface area contributed by atoms with Crippen molar-refractivity contribution < 1.29 is 15.0 Å². The number of guanidine groups is 1. The molecule has 1 amide bonds. The Hall–Kier alpha value is -1.92. The molecule has 10 atom stereocenters. The number of para-hydroxylation sites is 2. The van der Waals surface area contributed by atoms with E-state index in [-0.39, 0.29) is 34.9 Å². The van der Waals surface area contributed by atoms with Gasteiger partial charge in [0.1, 0.15) is 0 Å². The van der Waals surface area contributed by atoms with E-state index in [1.807, 2.05) is 24.3 Å². The van der Waals surface area contributed by atoms with Crippen LogP contribution in [0, 0.1) is 46.3 Å². The highest BCUT2D eigenvalue weighted by atomic mass is 16.3. The summed E-state index contributed by atoms with van der Waals surface area (Å²) < 4.78 is 0. The van der Waals surface area contributed by atoms with E-state index in [1.54, 1.807) is 0 Å². The Bertz CT molecular complexity index is 1180. The molecule has 1 heterocycles. The summed E-state index contributed by atoms with van der Waals surface area (Å²) in [6.07, 6.45) is 9.44. The molecule has 6 nitrogen and oxygen atoms in total. The lowest BCUT2D eigenvalue weighted by Gasteiger charge is -2.62. The second kappa shape index (κ2) is 9.37. The van der Waals surface area contributed by atoms with Gasteiger partial charge in [0.15, 0.2) is 0 Å². The summed E-state index contributed by atoms with van der Waals surface area (Å²) in [7, 11) is 0. The molecule has 0 bridgehead atoms. The molecule has 2 N–H and O–H groups in total. The number of amides is 1. The van der Waals surface area contributed by atoms with Gasteiger partial charge in [0, 0.05) is 6.42 Å². The van der Waals surface area contributed by atoms with Crippen LogP contribution in [0.25, 0.3) is 0 Å². The summed E-state index contributed by atoms with van der Waals surface area (Å²) in [6, 6.07) is 7.59. The van der Waals surface area contributed by atoms with Crippen LogP contribution in [0.3, 0.4) is 0 Å². The van der Waals surface area contributed by atoms with Crippen LogP contribution in [-0.2, 0) is 4.79 Å². The van der Waals surface area contributed by atoms with Crippen molar-refractivity contribution in [2.45, 2.75) is 97.2 Å². The molecule has 0 saturated heterocycles. The molecule has 6 rings (SSSR count). The van der Waals surface area contributed by atoms with Gasteiger partial charge in [0.05, 0.1) is 22.9 Å². The number of aliphatic hydroxyl groups is 2. The molecule has 6 heteroatoms. The predicted molar refractivity (Wildman–Crippen MR) is 142 cm³/mol. The summed E-state index contributed by atoms with van der Waals surface area (Å²) in [4.78, 5) is 25.6. The maximum atomic E-state index is 12.7. The maximum Gasteiger partial charge on any atom is 0.253 e. The first kappa shape index (κ1) is 25.4. The number of hydrogen-bond donors (Lipinski definition) is 2. The van der Waals surface area contributed by atoms with Gasteiger partial charge >= 0.3 is 0 Å². The van der Waals surface area contributed by atoms with Crippen LogP contribution < -0.4 is 10.7 Å². The van der Waals surface area contributed by atoms with E-state index in [0.29, 0.717) is 41.9 Å². The zero-order valence-electron chi connectivity index (χ0n) is 22.6. The number of carbonyl (C=O) groups is 1. The number of hydrogen-bond acceptors (Lipinski definition) is 3. The Morgan fingerprint density at radius 2 is 1.76 bits per heavy atom. The molecular formula is C31H43N3O3. The van der Waals surface area contributed by atoms with Crippen LogP contribution >= 0.6 is 0 Å². The minimum absolute atomic E-state index is 0.0787. The minimum atomic E-state index is -0.290. The van der Waals surface area contributed by atoms with Gasteiger partial charge in [-0.15, -0.1) is 0 Å². The van der Waals surface area contributed by atoms with E-state index < -0.39 is 0 Å². The van der Waals surface area contributed by atoms with Crippen molar-refractivity contribution in [2.75, 3.05) is 0 Å². The van der Waals surface area contributed by atoms with Crippen LogP contribution in [0.2, 0.25) is 0 Å². The van der Waals surface area contributed by atoms with Gasteiger partial charge in [-0.2, -0.15) is 4.99 Å². The first-order chi connectivity index (χ1) is 17.7. The molecule has 1 aromatic carbocycles. The molecule has 5 aliphatic rings. The predicted octanol–water partition coefficient (Wildman–Crippen LogP) is 4.23. The van der Waals surface area contributed by atoms with Crippen molar-refractivity contribution in [3.05, 3.63) is 35.0 Å². The van der Waals surface area contributed by atoms with E-state index in [0.717, 1.165) is 49.2 Å². The molecule has 1 aliphatic heterocycles. The molecule has 200 valence electrons. The fourth-order valence-electron chi connectivity index (χ4n) is 9.82. The summed E-state index contributed by atoms with van der Waals surface area (Å²) in [5.41, 5.74) is 0.181. The van der Waals surface area contributed by atoms with E-state index in [9.17, 15) is 15.0 Å².